The monoisotopic (exact) mass is 414 g/mol. The lowest BCUT2D eigenvalue weighted by molar-refractivity contribution is 0.0910. The van der Waals surface area contributed by atoms with Gasteiger partial charge in [-0.05, 0) is 54.1 Å². The van der Waals surface area contributed by atoms with Crippen molar-refractivity contribution in [2.24, 2.45) is 10.1 Å². The molecule has 8 nitrogen and oxygen atoms in total. The number of H-pyrrole nitrogens is 1. The third-order valence-corrected chi connectivity index (χ3v) is 5.31. The Morgan fingerprint density at radius 2 is 2.06 bits per heavy atom. The van der Waals surface area contributed by atoms with Crippen LogP contribution < -0.4 is 15.4 Å². The normalized spacial score (nSPS) is 17.2. The Bertz CT molecular complexity index is 1210. The molecule has 156 valence electrons. The molecule has 31 heavy (non-hydrogen) atoms. The van der Waals surface area contributed by atoms with Crippen molar-refractivity contribution in [1.82, 2.24) is 20.6 Å². The fourth-order valence-electron chi connectivity index (χ4n) is 3.61. The molecule has 0 saturated heterocycles. The van der Waals surface area contributed by atoms with Gasteiger partial charge in [0.1, 0.15) is 23.6 Å². The molecule has 0 aliphatic carbocycles. The van der Waals surface area contributed by atoms with Gasteiger partial charge in [0, 0.05) is 29.2 Å². The van der Waals surface area contributed by atoms with E-state index in [-0.39, 0.29) is 12.1 Å². The largest absolute Gasteiger partial charge is 0.497 e. The number of benzene rings is 2. The van der Waals surface area contributed by atoms with E-state index in [0.29, 0.717) is 24.5 Å². The molecule has 2 aromatic carbocycles. The SMILES string of the molecule is COc1ccc(CNC2=NN3C(=NCC3NC(=O)c3ccc4[nH]ccc4c3)C=C2)cc1. The van der Waals surface area contributed by atoms with Crippen molar-refractivity contribution in [2.45, 2.75) is 12.7 Å². The molecular weight excluding hydrogens is 392 g/mol. The Hall–Kier alpha value is -4.07. The van der Waals surface area contributed by atoms with Gasteiger partial charge in [-0.15, -0.1) is 0 Å². The highest BCUT2D eigenvalue weighted by Gasteiger charge is 2.30. The van der Waals surface area contributed by atoms with Crippen molar-refractivity contribution in [3.63, 3.8) is 0 Å². The van der Waals surface area contributed by atoms with Crippen LogP contribution in [0.2, 0.25) is 0 Å². The van der Waals surface area contributed by atoms with Crippen molar-refractivity contribution in [1.29, 1.82) is 0 Å². The first kappa shape index (κ1) is 18.9. The Labute approximate surface area is 179 Å². The Balaban J connectivity index is 1.24. The van der Waals surface area contributed by atoms with E-state index in [0.717, 1.165) is 28.1 Å². The van der Waals surface area contributed by atoms with Crippen molar-refractivity contribution >= 4 is 28.5 Å². The number of aliphatic imine (C=N–C) groups is 1. The lowest BCUT2D eigenvalue weighted by Crippen LogP contribution is -2.47. The van der Waals surface area contributed by atoms with Crippen LogP contribution in [0.4, 0.5) is 0 Å². The number of fused-ring (bicyclic) bond motifs is 2. The van der Waals surface area contributed by atoms with Crippen LogP contribution in [-0.2, 0) is 6.54 Å². The van der Waals surface area contributed by atoms with E-state index in [4.69, 9.17) is 4.74 Å². The lowest BCUT2D eigenvalue weighted by atomic mass is 10.1. The van der Waals surface area contributed by atoms with Crippen LogP contribution >= 0.6 is 0 Å². The molecule has 0 spiro atoms. The first-order valence-corrected chi connectivity index (χ1v) is 10.0. The third kappa shape index (κ3) is 3.87. The van der Waals surface area contributed by atoms with Gasteiger partial charge in [0.2, 0.25) is 0 Å². The van der Waals surface area contributed by atoms with Crippen LogP contribution in [0.15, 0.2) is 77.0 Å². The lowest BCUT2D eigenvalue weighted by Gasteiger charge is -2.25. The van der Waals surface area contributed by atoms with E-state index in [9.17, 15) is 4.79 Å². The van der Waals surface area contributed by atoms with Crippen LogP contribution in [0.3, 0.4) is 0 Å². The Kier molecular flexibility index (Phi) is 4.87. The summed E-state index contributed by atoms with van der Waals surface area (Å²) in [7, 11) is 1.65. The number of carbonyl (C=O) groups excluding carboxylic acids is 1. The van der Waals surface area contributed by atoms with Gasteiger partial charge >= 0.3 is 0 Å². The van der Waals surface area contributed by atoms with Gasteiger partial charge < -0.3 is 20.4 Å². The number of aromatic nitrogens is 1. The highest BCUT2D eigenvalue weighted by atomic mass is 16.5. The smallest absolute Gasteiger partial charge is 0.253 e. The molecule has 1 aromatic heterocycles. The number of nitrogens with zero attached hydrogens (tertiary/aromatic N) is 3. The second-order valence-electron chi connectivity index (χ2n) is 7.33. The van der Waals surface area contributed by atoms with Crippen molar-refractivity contribution in [3.8, 4) is 5.75 Å². The predicted molar refractivity (Wildman–Crippen MR) is 120 cm³/mol. The molecule has 0 fully saturated rings. The van der Waals surface area contributed by atoms with E-state index in [1.54, 1.807) is 12.1 Å². The summed E-state index contributed by atoms with van der Waals surface area (Å²) in [5, 5.41) is 13.8. The number of hydrogen-bond acceptors (Lipinski definition) is 6. The number of amides is 1. The van der Waals surface area contributed by atoms with Crippen LogP contribution in [0.1, 0.15) is 15.9 Å². The van der Waals surface area contributed by atoms with E-state index in [1.165, 1.54) is 0 Å². The zero-order valence-corrected chi connectivity index (χ0v) is 17.0. The number of aromatic amines is 1. The molecule has 1 atom stereocenters. The number of nitrogens with one attached hydrogen (secondary N) is 3. The molecule has 5 rings (SSSR count). The summed E-state index contributed by atoms with van der Waals surface area (Å²) >= 11 is 0. The standard InChI is InChI=1S/C23H22N6O2/c1-31-18-5-2-15(3-6-18)13-25-20-8-9-21-26-14-22(29(21)28-20)27-23(30)17-4-7-19-16(12-17)10-11-24-19/h2-12,22,24H,13-14H2,1H3,(H,25,28)(H,27,30). The van der Waals surface area contributed by atoms with Crippen LogP contribution in [-0.4, -0.2) is 47.4 Å². The summed E-state index contributed by atoms with van der Waals surface area (Å²) in [6.45, 7) is 1.08. The van der Waals surface area contributed by atoms with Gasteiger partial charge in [0.15, 0.2) is 0 Å². The Morgan fingerprint density at radius 1 is 1.19 bits per heavy atom. The number of methoxy groups -OCH3 is 1. The summed E-state index contributed by atoms with van der Waals surface area (Å²) in [6.07, 6.45) is 5.33. The van der Waals surface area contributed by atoms with Crippen LogP contribution in [0.5, 0.6) is 5.75 Å². The van der Waals surface area contributed by atoms with E-state index >= 15 is 0 Å². The van der Waals surface area contributed by atoms with Gasteiger partial charge in [-0.3, -0.25) is 9.79 Å². The zero-order chi connectivity index (χ0) is 21.2. The topological polar surface area (TPSA) is 94.1 Å². The molecule has 1 unspecified atom stereocenters. The maximum absolute atomic E-state index is 12.8. The van der Waals surface area contributed by atoms with Gasteiger partial charge in [0.05, 0.1) is 13.7 Å². The predicted octanol–water partition coefficient (Wildman–Crippen LogP) is 2.62. The number of amidine groups is 2. The number of ether oxygens (including phenoxy) is 1. The highest BCUT2D eigenvalue weighted by Crippen LogP contribution is 2.17. The third-order valence-electron chi connectivity index (χ3n) is 5.31. The number of carbonyl (C=O) groups is 1. The summed E-state index contributed by atoms with van der Waals surface area (Å²) in [5.74, 6) is 2.12. The van der Waals surface area contributed by atoms with Gasteiger partial charge in [-0.2, -0.15) is 5.10 Å². The fourth-order valence-corrected chi connectivity index (χ4v) is 3.61. The van der Waals surface area contributed by atoms with Crippen molar-refractivity contribution in [3.05, 3.63) is 78.0 Å². The van der Waals surface area contributed by atoms with Crippen molar-refractivity contribution in [2.75, 3.05) is 13.7 Å². The summed E-state index contributed by atoms with van der Waals surface area (Å²) in [4.78, 5) is 20.4. The average Bonchev–Trinajstić information content (AvgIpc) is 3.44. The fraction of sp³-hybridized carbons (Fsp3) is 0.174. The van der Waals surface area contributed by atoms with E-state index in [1.807, 2.05) is 66.9 Å². The quantitative estimate of drug-likeness (QED) is 0.598. The van der Waals surface area contributed by atoms with Gasteiger partial charge in [-0.25, -0.2) is 5.01 Å². The molecule has 2 aliphatic heterocycles. The molecule has 3 N–H and O–H groups in total. The average molecular weight is 414 g/mol. The minimum atomic E-state index is -0.327. The van der Waals surface area contributed by atoms with Gasteiger partial charge in [-0.1, -0.05) is 12.1 Å². The first-order chi connectivity index (χ1) is 15.2. The molecule has 8 heteroatoms. The minimum absolute atomic E-state index is 0.151. The number of hydrogen-bond donors (Lipinski definition) is 3. The van der Waals surface area contributed by atoms with E-state index < -0.39 is 0 Å². The minimum Gasteiger partial charge on any atom is -0.497 e. The second-order valence-corrected chi connectivity index (χ2v) is 7.33. The van der Waals surface area contributed by atoms with Crippen molar-refractivity contribution < 1.29 is 9.53 Å². The molecule has 1 amide bonds. The maximum Gasteiger partial charge on any atom is 0.253 e. The molecule has 0 saturated carbocycles. The first-order valence-electron chi connectivity index (χ1n) is 10.0. The molecular formula is C23H22N6O2. The number of hydrazone groups is 1. The second kappa shape index (κ2) is 7.98. The summed E-state index contributed by atoms with van der Waals surface area (Å²) in [5.41, 5.74) is 2.72. The molecule has 0 radical (unpaired) electrons. The molecule has 2 aliphatic rings. The molecule has 0 bridgehead atoms. The Morgan fingerprint density at radius 3 is 2.90 bits per heavy atom. The summed E-state index contributed by atoms with van der Waals surface area (Å²) in [6, 6.07) is 15.4. The van der Waals surface area contributed by atoms with E-state index in [2.05, 4.69) is 25.7 Å². The zero-order valence-electron chi connectivity index (χ0n) is 17.0. The van der Waals surface area contributed by atoms with Crippen LogP contribution in [0.25, 0.3) is 10.9 Å². The number of rotatable bonds is 5. The van der Waals surface area contributed by atoms with Crippen LogP contribution in [0, 0.1) is 0 Å². The molecule has 3 heterocycles. The molecule has 3 aromatic rings. The summed E-state index contributed by atoms with van der Waals surface area (Å²) < 4.78 is 5.19. The van der Waals surface area contributed by atoms with Gasteiger partial charge in [0.25, 0.3) is 5.91 Å². The highest BCUT2D eigenvalue weighted by molar-refractivity contribution is 6.06. The maximum atomic E-state index is 12.8.